The van der Waals surface area contributed by atoms with Gasteiger partial charge in [-0.1, -0.05) is 23.7 Å². The number of hydrogen-bond donors (Lipinski definition) is 1. The summed E-state index contributed by atoms with van der Waals surface area (Å²) in [6, 6.07) is 11.2. The van der Waals surface area contributed by atoms with Crippen LogP contribution in [0.2, 0.25) is 5.02 Å². The van der Waals surface area contributed by atoms with Crippen LogP contribution >= 0.6 is 11.6 Å². The minimum atomic E-state index is -0.745. The highest BCUT2D eigenvalue weighted by atomic mass is 35.5. The van der Waals surface area contributed by atoms with Gasteiger partial charge in [0.05, 0.1) is 30.4 Å². The van der Waals surface area contributed by atoms with Gasteiger partial charge in [0.25, 0.3) is 11.7 Å². The maximum atomic E-state index is 13.1. The first kappa shape index (κ1) is 24.6. The molecule has 1 aliphatic heterocycles. The summed E-state index contributed by atoms with van der Waals surface area (Å²) in [5, 5.41) is 11.5. The van der Waals surface area contributed by atoms with Crippen LogP contribution in [-0.4, -0.2) is 67.5 Å². The Morgan fingerprint density at radius 2 is 1.79 bits per heavy atom. The van der Waals surface area contributed by atoms with E-state index in [9.17, 15) is 14.7 Å². The van der Waals surface area contributed by atoms with Gasteiger partial charge in [0.1, 0.15) is 17.3 Å². The first-order valence-corrected chi connectivity index (χ1v) is 11.2. The molecule has 1 heterocycles. The van der Waals surface area contributed by atoms with Crippen LogP contribution in [0.1, 0.15) is 30.5 Å². The molecule has 1 saturated heterocycles. The molecule has 8 heteroatoms. The van der Waals surface area contributed by atoms with E-state index in [1.54, 1.807) is 49.6 Å². The summed E-state index contributed by atoms with van der Waals surface area (Å²) in [5.74, 6) is -0.555. The minimum Gasteiger partial charge on any atom is -0.507 e. The Bertz CT molecular complexity index is 1050. The quantitative estimate of drug-likeness (QED) is 0.336. The van der Waals surface area contributed by atoms with E-state index in [1.165, 1.54) is 4.90 Å². The smallest absolute Gasteiger partial charge is 0.295 e. The number of Topliss-reactive ketones (excluding diaryl/α,β-unsaturated/α-hetero) is 1. The van der Waals surface area contributed by atoms with Crippen LogP contribution in [0.25, 0.3) is 5.76 Å². The predicted molar refractivity (Wildman–Crippen MR) is 128 cm³/mol. The average molecular weight is 473 g/mol. The molecule has 1 amide bonds. The molecule has 33 heavy (non-hydrogen) atoms. The molecule has 0 spiro atoms. The number of amides is 1. The fourth-order valence-electron chi connectivity index (χ4n) is 3.89. The van der Waals surface area contributed by atoms with Gasteiger partial charge in [-0.3, -0.25) is 9.59 Å². The van der Waals surface area contributed by atoms with Gasteiger partial charge in [0.15, 0.2) is 0 Å². The van der Waals surface area contributed by atoms with Crippen LogP contribution in [0.4, 0.5) is 0 Å². The third-order valence-corrected chi connectivity index (χ3v) is 5.81. The van der Waals surface area contributed by atoms with Crippen LogP contribution in [0.5, 0.6) is 11.5 Å². The van der Waals surface area contributed by atoms with Crippen molar-refractivity contribution in [1.82, 2.24) is 9.80 Å². The molecule has 1 fully saturated rings. The zero-order chi connectivity index (χ0) is 24.1. The lowest BCUT2D eigenvalue weighted by Gasteiger charge is -2.26. The molecule has 0 aromatic heterocycles. The topological polar surface area (TPSA) is 79.3 Å². The Hall–Kier alpha value is -3.03. The lowest BCUT2D eigenvalue weighted by molar-refractivity contribution is -0.139. The summed E-state index contributed by atoms with van der Waals surface area (Å²) in [4.78, 5) is 29.7. The van der Waals surface area contributed by atoms with Gasteiger partial charge in [-0.15, -0.1) is 0 Å². The summed E-state index contributed by atoms with van der Waals surface area (Å²) >= 11 is 6.36. The molecule has 1 N–H and O–H groups in total. The Morgan fingerprint density at radius 3 is 2.39 bits per heavy atom. The molecule has 7 nitrogen and oxygen atoms in total. The summed E-state index contributed by atoms with van der Waals surface area (Å²) < 4.78 is 10.8. The SMILES string of the molecule is CCOc1ccc(Cl)c(/C(O)=C2\C(=O)C(=O)N(CCCN(C)C)C2c2ccc(OC)cc2)c1. The fourth-order valence-corrected chi connectivity index (χ4v) is 4.10. The standard InChI is InChI=1S/C25H29ClN2O5/c1-5-33-18-11-12-20(26)19(15-18)23(29)21-22(16-7-9-17(32-4)10-8-16)28(25(31)24(21)30)14-6-13-27(2)3/h7-12,15,22,29H,5-6,13-14H2,1-4H3/b23-21+. The Labute approximate surface area is 199 Å². The summed E-state index contributed by atoms with van der Waals surface area (Å²) in [5.41, 5.74) is 0.941. The zero-order valence-corrected chi connectivity index (χ0v) is 20.1. The number of carbonyl (C=O) groups is 2. The van der Waals surface area contributed by atoms with Crippen molar-refractivity contribution in [2.45, 2.75) is 19.4 Å². The lowest BCUT2D eigenvalue weighted by atomic mass is 9.95. The third-order valence-electron chi connectivity index (χ3n) is 5.48. The van der Waals surface area contributed by atoms with Crippen molar-refractivity contribution < 1.29 is 24.2 Å². The molecule has 2 aromatic rings. The van der Waals surface area contributed by atoms with Crippen molar-refractivity contribution in [1.29, 1.82) is 0 Å². The van der Waals surface area contributed by atoms with E-state index < -0.39 is 17.7 Å². The van der Waals surface area contributed by atoms with Crippen LogP contribution in [0.15, 0.2) is 48.0 Å². The van der Waals surface area contributed by atoms with E-state index >= 15 is 0 Å². The molecule has 0 aliphatic carbocycles. The monoisotopic (exact) mass is 472 g/mol. The number of rotatable bonds is 9. The predicted octanol–water partition coefficient (Wildman–Crippen LogP) is 4.12. The number of hydrogen-bond acceptors (Lipinski definition) is 6. The first-order valence-electron chi connectivity index (χ1n) is 10.8. The van der Waals surface area contributed by atoms with Crippen molar-refractivity contribution in [3.8, 4) is 11.5 Å². The van der Waals surface area contributed by atoms with E-state index in [0.717, 1.165) is 6.54 Å². The largest absolute Gasteiger partial charge is 0.507 e. The molecule has 0 bridgehead atoms. The fraction of sp³-hybridized carbons (Fsp3) is 0.360. The average Bonchev–Trinajstić information content (AvgIpc) is 3.05. The van der Waals surface area contributed by atoms with Gasteiger partial charge < -0.3 is 24.4 Å². The van der Waals surface area contributed by atoms with Crippen molar-refractivity contribution in [3.05, 3.63) is 64.2 Å². The van der Waals surface area contributed by atoms with Crippen LogP contribution in [0.3, 0.4) is 0 Å². The second kappa shape index (κ2) is 10.7. The van der Waals surface area contributed by atoms with E-state index in [4.69, 9.17) is 21.1 Å². The van der Waals surface area contributed by atoms with Crippen molar-refractivity contribution in [3.63, 3.8) is 0 Å². The van der Waals surface area contributed by atoms with Gasteiger partial charge in [-0.25, -0.2) is 0 Å². The molecular formula is C25H29ClN2O5. The molecule has 3 rings (SSSR count). The first-order chi connectivity index (χ1) is 15.8. The van der Waals surface area contributed by atoms with Gasteiger partial charge in [-0.2, -0.15) is 0 Å². The van der Waals surface area contributed by atoms with Crippen molar-refractivity contribution >= 4 is 29.1 Å². The Balaban J connectivity index is 2.12. The van der Waals surface area contributed by atoms with Gasteiger partial charge in [-0.05, 0) is 69.9 Å². The van der Waals surface area contributed by atoms with Crippen molar-refractivity contribution in [2.24, 2.45) is 0 Å². The molecule has 1 aliphatic rings. The normalized spacial score (nSPS) is 17.6. The number of aliphatic hydroxyl groups is 1. The Kier molecular flexibility index (Phi) is 8.00. The van der Waals surface area contributed by atoms with Crippen LogP contribution in [-0.2, 0) is 9.59 Å². The van der Waals surface area contributed by atoms with Gasteiger partial charge >= 0.3 is 0 Å². The number of ether oxygens (including phenoxy) is 2. The summed E-state index contributed by atoms with van der Waals surface area (Å²) in [7, 11) is 5.46. The van der Waals surface area contributed by atoms with Crippen LogP contribution in [0, 0.1) is 0 Å². The van der Waals surface area contributed by atoms with Crippen LogP contribution < -0.4 is 9.47 Å². The molecule has 0 saturated carbocycles. The van der Waals surface area contributed by atoms with E-state index in [-0.39, 0.29) is 21.9 Å². The molecule has 1 unspecified atom stereocenters. The molecule has 2 aromatic carbocycles. The number of carbonyl (C=O) groups excluding carboxylic acids is 2. The second-order valence-corrected chi connectivity index (χ2v) is 8.40. The minimum absolute atomic E-state index is 0.00516. The highest BCUT2D eigenvalue weighted by molar-refractivity contribution is 6.47. The maximum Gasteiger partial charge on any atom is 0.295 e. The number of nitrogens with zero attached hydrogens (tertiary/aromatic N) is 2. The number of ketones is 1. The number of likely N-dealkylation sites (tertiary alicyclic amines) is 1. The summed E-state index contributed by atoms with van der Waals surface area (Å²) in [6.07, 6.45) is 0.674. The second-order valence-electron chi connectivity index (χ2n) is 8.00. The third kappa shape index (κ3) is 5.31. The van der Waals surface area contributed by atoms with E-state index in [2.05, 4.69) is 0 Å². The molecular weight excluding hydrogens is 444 g/mol. The van der Waals surface area contributed by atoms with Crippen molar-refractivity contribution in [2.75, 3.05) is 40.9 Å². The number of benzene rings is 2. The zero-order valence-electron chi connectivity index (χ0n) is 19.3. The van der Waals surface area contributed by atoms with E-state index in [0.29, 0.717) is 36.6 Å². The number of halogens is 1. The van der Waals surface area contributed by atoms with Gasteiger partial charge in [0.2, 0.25) is 0 Å². The molecule has 0 radical (unpaired) electrons. The number of aliphatic hydroxyl groups excluding tert-OH is 1. The number of methoxy groups -OCH3 is 1. The summed E-state index contributed by atoms with van der Waals surface area (Å²) in [6.45, 7) is 3.39. The molecule has 176 valence electrons. The molecule has 1 atom stereocenters. The maximum absolute atomic E-state index is 13.1. The van der Waals surface area contributed by atoms with E-state index in [1.807, 2.05) is 25.9 Å². The Morgan fingerprint density at radius 1 is 1.12 bits per heavy atom. The van der Waals surface area contributed by atoms with Gasteiger partial charge in [0, 0.05) is 12.1 Å². The highest BCUT2D eigenvalue weighted by Crippen LogP contribution is 2.41. The lowest BCUT2D eigenvalue weighted by Crippen LogP contribution is -2.32. The highest BCUT2D eigenvalue weighted by Gasteiger charge is 2.46.